The maximum absolute atomic E-state index is 12.7. The molecular weight excluding hydrogens is 340 g/mol. The second kappa shape index (κ2) is 8.01. The highest BCUT2D eigenvalue weighted by molar-refractivity contribution is 5.94. The lowest BCUT2D eigenvalue weighted by Gasteiger charge is -2.34. The van der Waals surface area contributed by atoms with Crippen molar-refractivity contribution in [2.24, 2.45) is 0 Å². The Morgan fingerprint density at radius 2 is 1.63 bits per heavy atom. The number of nitrogens with zero attached hydrogens (tertiary/aromatic N) is 2. The van der Waals surface area contributed by atoms with Crippen LogP contribution in [0.15, 0.2) is 42.5 Å². The molecule has 2 heterocycles. The van der Waals surface area contributed by atoms with Crippen LogP contribution in [0.1, 0.15) is 34.8 Å². The monoisotopic (exact) mass is 366 g/mol. The molecule has 0 N–H and O–H groups in total. The molecule has 0 spiro atoms. The first-order valence-corrected chi connectivity index (χ1v) is 9.72. The highest BCUT2D eigenvalue weighted by Gasteiger charge is 2.22. The third-order valence-corrected chi connectivity index (χ3v) is 5.24. The van der Waals surface area contributed by atoms with Crippen LogP contribution in [-0.2, 0) is 13.0 Å². The number of aryl methyl sites for hydroxylation is 1. The third kappa shape index (κ3) is 4.08. The van der Waals surface area contributed by atoms with Gasteiger partial charge in [0.15, 0.2) is 11.5 Å². The summed E-state index contributed by atoms with van der Waals surface area (Å²) in [5.74, 6) is 1.78. The largest absolute Gasteiger partial charge is 0.454 e. The Labute approximate surface area is 160 Å². The summed E-state index contributed by atoms with van der Waals surface area (Å²) in [5.41, 5.74) is 3.30. The topological polar surface area (TPSA) is 42.0 Å². The van der Waals surface area contributed by atoms with Crippen LogP contribution < -0.4 is 9.47 Å². The summed E-state index contributed by atoms with van der Waals surface area (Å²) in [4.78, 5) is 17.1. The summed E-state index contributed by atoms with van der Waals surface area (Å²) in [6.45, 7) is 6.63. The van der Waals surface area contributed by atoms with Crippen molar-refractivity contribution >= 4 is 5.91 Å². The molecule has 1 saturated heterocycles. The molecule has 5 heteroatoms. The van der Waals surface area contributed by atoms with Gasteiger partial charge < -0.3 is 14.4 Å². The fourth-order valence-corrected chi connectivity index (χ4v) is 3.69. The smallest absolute Gasteiger partial charge is 0.253 e. The van der Waals surface area contributed by atoms with Gasteiger partial charge >= 0.3 is 0 Å². The van der Waals surface area contributed by atoms with E-state index >= 15 is 0 Å². The van der Waals surface area contributed by atoms with Gasteiger partial charge in [0.25, 0.3) is 5.91 Å². The van der Waals surface area contributed by atoms with Crippen molar-refractivity contribution in [1.82, 2.24) is 9.80 Å². The first-order valence-electron chi connectivity index (χ1n) is 9.72. The highest BCUT2D eigenvalue weighted by Crippen LogP contribution is 2.32. The van der Waals surface area contributed by atoms with Crippen molar-refractivity contribution in [3.63, 3.8) is 0 Å². The SMILES string of the molecule is CCCc1ccc(C(=O)N2CCN(Cc3ccc4c(c3)OCO4)CC2)cc1. The maximum Gasteiger partial charge on any atom is 0.253 e. The van der Waals surface area contributed by atoms with Crippen LogP contribution in [-0.4, -0.2) is 48.7 Å². The van der Waals surface area contributed by atoms with Crippen molar-refractivity contribution in [2.45, 2.75) is 26.3 Å². The molecule has 2 aliphatic heterocycles. The molecule has 1 amide bonds. The van der Waals surface area contributed by atoms with Crippen LogP contribution in [0.4, 0.5) is 0 Å². The van der Waals surface area contributed by atoms with Crippen molar-refractivity contribution in [2.75, 3.05) is 33.0 Å². The summed E-state index contributed by atoms with van der Waals surface area (Å²) in [6.07, 6.45) is 2.19. The number of fused-ring (bicyclic) bond motifs is 1. The zero-order valence-corrected chi connectivity index (χ0v) is 15.8. The van der Waals surface area contributed by atoms with Crippen molar-refractivity contribution in [3.05, 3.63) is 59.2 Å². The second-order valence-corrected chi connectivity index (χ2v) is 7.20. The van der Waals surface area contributed by atoms with E-state index in [0.29, 0.717) is 6.79 Å². The summed E-state index contributed by atoms with van der Waals surface area (Å²) in [7, 11) is 0. The summed E-state index contributed by atoms with van der Waals surface area (Å²) in [5, 5.41) is 0. The minimum atomic E-state index is 0.140. The van der Waals surface area contributed by atoms with Crippen LogP contribution in [0.2, 0.25) is 0 Å². The van der Waals surface area contributed by atoms with Gasteiger partial charge in [0.05, 0.1) is 0 Å². The summed E-state index contributed by atoms with van der Waals surface area (Å²) >= 11 is 0. The standard InChI is InChI=1S/C22H26N2O3/c1-2-3-17-4-7-19(8-5-17)22(25)24-12-10-23(11-13-24)15-18-6-9-20-21(14-18)27-16-26-20/h4-9,14H,2-3,10-13,15-16H2,1H3. The molecular formula is C22H26N2O3. The minimum Gasteiger partial charge on any atom is -0.454 e. The molecule has 0 bridgehead atoms. The summed E-state index contributed by atoms with van der Waals surface area (Å²) < 4.78 is 10.8. The lowest BCUT2D eigenvalue weighted by atomic mass is 10.1. The van der Waals surface area contributed by atoms with Gasteiger partial charge in [0.1, 0.15) is 0 Å². The fourth-order valence-electron chi connectivity index (χ4n) is 3.69. The van der Waals surface area contributed by atoms with E-state index in [0.717, 1.165) is 62.6 Å². The first kappa shape index (κ1) is 17.9. The number of piperazine rings is 1. The Bertz CT molecular complexity index is 796. The van der Waals surface area contributed by atoms with Gasteiger partial charge in [-0.15, -0.1) is 0 Å². The van der Waals surface area contributed by atoms with Crippen LogP contribution in [0.25, 0.3) is 0 Å². The molecule has 4 rings (SSSR count). The first-order chi connectivity index (χ1) is 13.2. The van der Waals surface area contributed by atoms with Crippen molar-refractivity contribution < 1.29 is 14.3 Å². The average molecular weight is 366 g/mol. The molecule has 0 aliphatic carbocycles. The Kier molecular flexibility index (Phi) is 5.30. The van der Waals surface area contributed by atoms with Gasteiger partial charge in [-0.3, -0.25) is 9.69 Å². The minimum absolute atomic E-state index is 0.140. The lowest BCUT2D eigenvalue weighted by molar-refractivity contribution is 0.0628. The molecule has 2 aromatic rings. The number of carbonyl (C=O) groups excluding carboxylic acids is 1. The number of hydrogen-bond donors (Lipinski definition) is 0. The zero-order chi connectivity index (χ0) is 18.6. The highest BCUT2D eigenvalue weighted by atomic mass is 16.7. The second-order valence-electron chi connectivity index (χ2n) is 7.20. The molecule has 142 valence electrons. The molecule has 0 aromatic heterocycles. The molecule has 2 aliphatic rings. The molecule has 0 radical (unpaired) electrons. The quantitative estimate of drug-likeness (QED) is 0.814. The number of carbonyl (C=O) groups is 1. The average Bonchev–Trinajstić information content (AvgIpc) is 3.17. The molecule has 5 nitrogen and oxygen atoms in total. The molecule has 1 fully saturated rings. The van der Waals surface area contributed by atoms with E-state index in [1.165, 1.54) is 11.1 Å². The van der Waals surface area contributed by atoms with Gasteiger partial charge in [-0.1, -0.05) is 31.5 Å². The number of ether oxygens (including phenoxy) is 2. The predicted octanol–water partition coefficient (Wildman–Crippen LogP) is 3.33. The van der Waals surface area contributed by atoms with E-state index < -0.39 is 0 Å². The van der Waals surface area contributed by atoms with E-state index in [2.05, 4.69) is 36.1 Å². The van der Waals surface area contributed by atoms with E-state index in [1.807, 2.05) is 23.1 Å². The van der Waals surface area contributed by atoms with E-state index in [9.17, 15) is 4.79 Å². The molecule has 2 aromatic carbocycles. The fraction of sp³-hybridized carbons (Fsp3) is 0.409. The molecule has 0 saturated carbocycles. The Hall–Kier alpha value is -2.53. The van der Waals surface area contributed by atoms with Crippen LogP contribution in [0.3, 0.4) is 0 Å². The molecule has 27 heavy (non-hydrogen) atoms. The maximum atomic E-state index is 12.7. The van der Waals surface area contributed by atoms with Crippen molar-refractivity contribution in [3.8, 4) is 11.5 Å². The van der Waals surface area contributed by atoms with Gasteiger partial charge in [0.2, 0.25) is 6.79 Å². The van der Waals surface area contributed by atoms with Crippen LogP contribution in [0, 0.1) is 0 Å². The Balaban J connectivity index is 1.31. The molecule has 0 unspecified atom stereocenters. The Morgan fingerprint density at radius 1 is 0.926 bits per heavy atom. The number of benzene rings is 2. The number of hydrogen-bond acceptors (Lipinski definition) is 4. The van der Waals surface area contributed by atoms with E-state index in [1.54, 1.807) is 0 Å². The predicted molar refractivity (Wildman–Crippen MR) is 104 cm³/mol. The summed E-state index contributed by atoms with van der Waals surface area (Å²) in [6, 6.07) is 14.2. The third-order valence-electron chi connectivity index (χ3n) is 5.24. The van der Waals surface area contributed by atoms with Crippen molar-refractivity contribution in [1.29, 1.82) is 0 Å². The van der Waals surface area contributed by atoms with E-state index in [4.69, 9.17) is 9.47 Å². The Morgan fingerprint density at radius 3 is 2.37 bits per heavy atom. The van der Waals surface area contributed by atoms with Crippen LogP contribution in [0.5, 0.6) is 11.5 Å². The zero-order valence-electron chi connectivity index (χ0n) is 15.8. The molecule has 0 atom stereocenters. The number of amides is 1. The van der Waals surface area contributed by atoms with Gasteiger partial charge in [-0.2, -0.15) is 0 Å². The normalized spacial score (nSPS) is 16.6. The van der Waals surface area contributed by atoms with Gasteiger partial charge in [0, 0.05) is 38.3 Å². The van der Waals surface area contributed by atoms with Gasteiger partial charge in [-0.25, -0.2) is 0 Å². The van der Waals surface area contributed by atoms with Crippen LogP contribution >= 0.6 is 0 Å². The lowest BCUT2D eigenvalue weighted by Crippen LogP contribution is -2.48. The van der Waals surface area contributed by atoms with E-state index in [-0.39, 0.29) is 5.91 Å². The number of rotatable bonds is 5. The van der Waals surface area contributed by atoms with Gasteiger partial charge in [-0.05, 0) is 41.8 Å².